The second-order valence-corrected chi connectivity index (χ2v) is 6.45. The summed E-state index contributed by atoms with van der Waals surface area (Å²) in [6.45, 7) is 0. The predicted molar refractivity (Wildman–Crippen MR) is 106 cm³/mol. The molecule has 2 N–H and O–H groups in total. The van der Waals surface area contributed by atoms with Gasteiger partial charge in [-0.3, -0.25) is 15.1 Å². The van der Waals surface area contributed by atoms with E-state index in [0.717, 1.165) is 21.1 Å². The fraction of sp³-hybridized carbons (Fsp3) is 0.0556. The molecule has 0 aliphatic rings. The zero-order chi connectivity index (χ0) is 17.8. The van der Waals surface area contributed by atoms with Crippen molar-refractivity contribution in [2.24, 2.45) is 0 Å². The molecule has 0 aliphatic carbocycles. The van der Waals surface area contributed by atoms with Crippen LogP contribution in [0.1, 0.15) is 10.4 Å². The molecule has 126 valence electrons. The Morgan fingerprint density at radius 2 is 2.04 bits per heavy atom. The van der Waals surface area contributed by atoms with E-state index in [1.807, 2.05) is 30.3 Å². The van der Waals surface area contributed by atoms with Crippen LogP contribution in [-0.4, -0.2) is 23.1 Å². The van der Waals surface area contributed by atoms with Crippen LogP contribution in [0.15, 0.2) is 59.2 Å². The van der Waals surface area contributed by atoms with Gasteiger partial charge in [-0.15, -0.1) is 0 Å². The van der Waals surface area contributed by atoms with Crippen molar-refractivity contribution in [1.82, 2.24) is 10.3 Å². The lowest BCUT2D eigenvalue weighted by molar-refractivity contribution is 0.0974. The summed E-state index contributed by atoms with van der Waals surface area (Å²) in [6.07, 6.45) is 1.73. The van der Waals surface area contributed by atoms with Crippen LogP contribution < -0.4 is 15.4 Å². The molecule has 0 spiro atoms. The summed E-state index contributed by atoms with van der Waals surface area (Å²) >= 11 is 8.62. The van der Waals surface area contributed by atoms with E-state index < -0.39 is 0 Å². The molecule has 1 heterocycles. The van der Waals surface area contributed by atoms with Gasteiger partial charge in [-0.1, -0.05) is 22.0 Å². The number of hydrogen-bond donors (Lipinski definition) is 2. The highest BCUT2D eigenvalue weighted by Crippen LogP contribution is 2.23. The van der Waals surface area contributed by atoms with Gasteiger partial charge in [0.1, 0.15) is 5.75 Å². The normalized spacial score (nSPS) is 10.3. The van der Waals surface area contributed by atoms with E-state index in [2.05, 4.69) is 31.5 Å². The Balaban J connectivity index is 1.78. The third-order valence-corrected chi connectivity index (χ3v) is 4.22. The first kappa shape index (κ1) is 17.3. The number of ether oxygens (including phenoxy) is 1. The number of halogens is 1. The molecule has 25 heavy (non-hydrogen) atoms. The molecule has 0 fully saturated rings. The van der Waals surface area contributed by atoms with Crippen molar-refractivity contribution in [2.75, 3.05) is 12.4 Å². The first-order chi connectivity index (χ1) is 12.1. The number of nitrogens with one attached hydrogen (secondary N) is 2. The standard InChI is InChI=1S/C18H14BrN3O2S/c1-24-16-8-7-11(19)10-13(16)17(23)22-18(25)21-15-6-2-5-14-12(15)4-3-9-20-14/h2-10H,1H3,(H2,21,22,23,25). The highest BCUT2D eigenvalue weighted by atomic mass is 79.9. The van der Waals surface area contributed by atoms with E-state index in [9.17, 15) is 4.79 Å². The van der Waals surface area contributed by atoms with Gasteiger partial charge in [-0.2, -0.15) is 0 Å². The molecule has 1 aromatic heterocycles. The summed E-state index contributed by atoms with van der Waals surface area (Å²) in [7, 11) is 1.51. The summed E-state index contributed by atoms with van der Waals surface area (Å²) < 4.78 is 6.00. The first-order valence-corrected chi connectivity index (χ1v) is 8.58. The van der Waals surface area contributed by atoms with E-state index in [-0.39, 0.29) is 11.0 Å². The fourth-order valence-electron chi connectivity index (χ4n) is 2.39. The predicted octanol–water partition coefficient (Wildman–Crippen LogP) is 4.13. The van der Waals surface area contributed by atoms with Crippen LogP contribution in [0, 0.1) is 0 Å². The number of carbonyl (C=O) groups excluding carboxylic acids is 1. The van der Waals surface area contributed by atoms with E-state index in [1.165, 1.54) is 7.11 Å². The molecule has 1 amide bonds. The second-order valence-electron chi connectivity index (χ2n) is 5.13. The van der Waals surface area contributed by atoms with Gasteiger partial charge in [-0.05, 0) is 54.7 Å². The maximum Gasteiger partial charge on any atom is 0.261 e. The number of fused-ring (bicyclic) bond motifs is 1. The monoisotopic (exact) mass is 415 g/mol. The Bertz CT molecular complexity index is 957. The Morgan fingerprint density at radius 1 is 1.20 bits per heavy atom. The second kappa shape index (κ2) is 7.58. The number of benzene rings is 2. The van der Waals surface area contributed by atoms with Gasteiger partial charge < -0.3 is 10.1 Å². The number of nitrogens with zero attached hydrogens (tertiary/aromatic N) is 1. The highest BCUT2D eigenvalue weighted by molar-refractivity contribution is 9.10. The zero-order valence-electron chi connectivity index (χ0n) is 13.2. The van der Waals surface area contributed by atoms with Crippen molar-refractivity contribution in [2.45, 2.75) is 0 Å². The largest absolute Gasteiger partial charge is 0.496 e. The van der Waals surface area contributed by atoms with Gasteiger partial charge in [0.15, 0.2) is 5.11 Å². The average Bonchev–Trinajstić information content (AvgIpc) is 2.62. The Kier molecular flexibility index (Phi) is 5.25. The molecule has 0 saturated heterocycles. The summed E-state index contributed by atoms with van der Waals surface area (Å²) in [6, 6.07) is 14.6. The maximum atomic E-state index is 12.5. The molecule has 3 rings (SSSR count). The van der Waals surface area contributed by atoms with Crippen LogP contribution >= 0.6 is 28.1 Å². The lowest BCUT2D eigenvalue weighted by atomic mass is 10.2. The van der Waals surface area contributed by atoms with Crippen molar-refractivity contribution >= 4 is 55.8 Å². The van der Waals surface area contributed by atoms with Crippen LogP contribution in [0.5, 0.6) is 5.75 Å². The lowest BCUT2D eigenvalue weighted by Crippen LogP contribution is -2.34. The van der Waals surface area contributed by atoms with Crippen molar-refractivity contribution < 1.29 is 9.53 Å². The number of anilines is 1. The van der Waals surface area contributed by atoms with Crippen molar-refractivity contribution in [3.8, 4) is 5.75 Å². The molecule has 0 bridgehead atoms. The maximum absolute atomic E-state index is 12.5. The molecule has 0 saturated carbocycles. The molecule has 0 aliphatic heterocycles. The number of pyridine rings is 1. The fourth-order valence-corrected chi connectivity index (χ4v) is 2.96. The molecule has 0 atom stereocenters. The van der Waals surface area contributed by atoms with Crippen LogP contribution in [0.3, 0.4) is 0 Å². The average molecular weight is 416 g/mol. The van der Waals surface area contributed by atoms with Gasteiger partial charge in [0.25, 0.3) is 5.91 Å². The molecule has 2 aromatic carbocycles. The first-order valence-electron chi connectivity index (χ1n) is 7.38. The summed E-state index contributed by atoms with van der Waals surface area (Å²) in [5.74, 6) is 0.117. The molecule has 3 aromatic rings. The van der Waals surface area contributed by atoms with Crippen molar-refractivity contribution in [3.63, 3.8) is 0 Å². The van der Waals surface area contributed by atoms with Crippen molar-refractivity contribution in [3.05, 3.63) is 64.8 Å². The molecular weight excluding hydrogens is 402 g/mol. The van der Waals surface area contributed by atoms with Crippen molar-refractivity contribution in [1.29, 1.82) is 0 Å². The number of aromatic nitrogens is 1. The lowest BCUT2D eigenvalue weighted by Gasteiger charge is -2.13. The SMILES string of the molecule is COc1ccc(Br)cc1C(=O)NC(=S)Nc1cccc2ncccc12. The molecular formula is C18H14BrN3O2S. The number of methoxy groups -OCH3 is 1. The number of amides is 1. The number of hydrogen-bond acceptors (Lipinski definition) is 4. The van der Waals surface area contributed by atoms with E-state index >= 15 is 0 Å². The smallest absolute Gasteiger partial charge is 0.261 e. The van der Waals surface area contributed by atoms with Gasteiger partial charge in [0, 0.05) is 21.7 Å². The summed E-state index contributed by atoms with van der Waals surface area (Å²) in [5.41, 5.74) is 2.01. The third-order valence-electron chi connectivity index (χ3n) is 3.53. The van der Waals surface area contributed by atoms with Crippen LogP contribution in [0.25, 0.3) is 10.9 Å². The van der Waals surface area contributed by atoms with Crippen LogP contribution in [0.4, 0.5) is 5.69 Å². The van der Waals surface area contributed by atoms with Gasteiger partial charge in [0.2, 0.25) is 0 Å². The van der Waals surface area contributed by atoms with Gasteiger partial charge in [0.05, 0.1) is 18.2 Å². The number of rotatable bonds is 3. The van der Waals surface area contributed by atoms with Gasteiger partial charge in [-0.25, -0.2) is 0 Å². The van der Waals surface area contributed by atoms with E-state index in [1.54, 1.807) is 24.4 Å². The molecule has 5 nitrogen and oxygen atoms in total. The molecule has 0 radical (unpaired) electrons. The minimum atomic E-state index is -0.353. The zero-order valence-corrected chi connectivity index (χ0v) is 15.6. The molecule has 7 heteroatoms. The number of carbonyl (C=O) groups is 1. The van der Waals surface area contributed by atoms with E-state index in [4.69, 9.17) is 17.0 Å². The third kappa shape index (κ3) is 3.94. The van der Waals surface area contributed by atoms with E-state index in [0.29, 0.717) is 11.3 Å². The summed E-state index contributed by atoms with van der Waals surface area (Å²) in [5, 5.41) is 6.83. The van der Waals surface area contributed by atoms with Gasteiger partial charge >= 0.3 is 0 Å². The number of thiocarbonyl (C=S) groups is 1. The minimum Gasteiger partial charge on any atom is -0.496 e. The Hall–Kier alpha value is -2.51. The Labute approximate surface area is 158 Å². The summed E-state index contributed by atoms with van der Waals surface area (Å²) in [4.78, 5) is 16.8. The quantitative estimate of drug-likeness (QED) is 0.629. The topological polar surface area (TPSA) is 63.2 Å². The Morgan fingerprint density at radius 3 is 2.84 bits per heavy atom. The highest BCUT2D eigenvalue weighted by Gasteiger charge is 2.14. The molecule has 0 unspecified atom stereocenters. The van der Waals surface area contributed by atoms with Crippen LogP contribution in [-0.2, 0) is 0 Å². The minimum absolute atomic E-state index is 0.198. The van der Waals surface area contributed by atoms with Crippen LogP contribution in [0.2, 0.25) is 0 Å².